The number of amides is 1. The number of carbonyl (C=O) groups excluding carboxylic acids is 1. The molecule has 0 fully saturated rings. The van der Waals surface area contributed by atoms with Gasteiger partial charge in [-0.3, -0.25) is 4.79 Å². The first-order valence-electron chi connectivity index (χ1n) is 9.07. The van der Waals surface area contributed by atoms with Crippen LogP contribution < -0.4 is 5.32 Å². The number of benzene rings is 2. The van der Waals surface area contributed by atoms with E-state index in [2.05, 4.69) is 10.3 Å². The zero-order valence-corrected chi connectivity index (χ0v) is 18.3. The average molecular weight is 435 g/mol. The molecule has 0 radical (unpaired) electrons. The fraction of sp³-hybridized carbons (Fsp3) is 0.300. The molecule has 154 valence electrons. The quantitative estimate of drug-likeness (QED) is 0.645. The second-order valence-corrected chi connectivity index (χ2v) is 9.62. The molecular weight excluding hydrogens is 412 g/mol. The molecule has 0 unspecified atom stereocenters. The molecule has 0 atom stereocenters. The molecule has 0 saturated heterocycles. The highest BCUT2D eigenvalue weighted by Crippen LogP contribution is 2.21. The van der Waals surface area contributed by atoms with E-state index < -0.39 is 10.0 Å². The van der Waals surface area contributed by atoms with Crippen molar-refractivity contribution in [2.24, 2.45) is 7.05 Å². The summed E-state index contributed by atoms with van der Waals surface area (Å²) in [6, 6.07) is 11.3. The number of halogens is 1. The van der Waals surface area contributed by atoms with Gasteiger partial charge in [0.15, 0.2) is 0 Å². The number of rotatable bonds is 6. The topological polar surface area (TPSA) is 84.3 Å². The van der Waals surface area contributed by atoms with Crippen LogP contribution in [0.15, 0.2) is 47.4 Å². The largest absolute Gasteiger partial charge is 0.350 e. The Labute approximate surface area is 175 Å². The number of hydrogen-bond donors (Lipinski definition) is 1. The highest BCUT2D eigenvalue weighted by Gasteiger charge is 2.23. The first-order chi connectivity index (χ1) is 13.6. The highest BCUT2D eigenvalue weighted by atomic mass is 35.5. The number of sulfonamides is 1. The predicted octanol–water partition coefficient (Wildman–Crippen LogP) is 3.19. The van der Waals surface area contributed by atoms with Crippen LogP contribution in [-0.2, 0) is 23.6 Å². The van der Waals surface area contributed by atoms with Gasteiger partial charge in [-0.05, 0) is 56.3 Å². The van der Waals surface area contributed by atoms with Crippen LogP contribution in [0.4, 0.5) is 0 Å². The first kappa shape index (κ1) is 21.3. The Morgan fingerprint density at radius 3 is 2.48 bits per heavy atom. The molecule has 3 rings (SSSR count). The zero-order valence-electron chi connectivity index (χ0n) is 16.7. The number of imidazole rings is 1. The summed E-state index contributed by atoms with van der Waals surface area (Å²) in [5.74, 6) is 0.401. The van der Waals surface area contributed by atoms with Crippen molar-refractivity contribution in [3.05, 3.63) is 58.9 Å². The van der Waals surface area contributed by atoms with Gasteiger partial charge in [0.2, 0.25) is 10.0 Å². The Balaban J connectivity index is 1.88. The number of aryl methyl sites for hydroxylation is 1. The zero-order chi connectivity index (χ0) is 21.3. The van der Waals surface area contributed by atoms with E-state index in [9.17, 15) is 13.2 Å². The molecule has 1 N–H and O–H groups in total. The summed E-state index contributed by atoms with van der Waals surface area (Å²) in [4.78, 5) is 17.0. The Hall–Kier alpha value is -2.42. The van der Waals surface area contributed by atoms with Crippen molar-refractivity contribution < 1.29 is 13.2 Å². The Kier molecular flexibility index (Phi) is 5.97. The van der Waals surface area contributed by atoms with E-state index in [0.29, 0.717) is 21.9 Å². The molecule has 1 heterocycles. The maximum absolute atomic E-state index is 12.8. The van der Waals surface area contributed by atoms with Crippen LogP contribution in [0.3, 0.4) is 0 Å². The molecule has 3 aromatic rings. The van der Waals surface area contributed by atoms with Crippen LogP contribution >= 0.6 is 11.6 Å². The summed E-state index contributed by atoms with van der Waals surface area (Å²) in [6.45, 7) is 3.88. The lowest BCUT2D eigenvalue weighted by atomic mass is 10.2. The number of carbonyl (C=O) groups is 1. The maximum Gasteiger partial charge on any atom is 0.251 e. The minimum atomic E-state index is -3.69. The molecule has 2 aromatic carbocycles. The molecule has 0 aliphatic carbocycles. The average Bonchev–Trinajstić information content (AvgIpc) is 2.96. The lowest BCUT2D eigenvalue weighted by molar-refractivity contribution is 0.0943. The summed E-state index contributed by atoms with van der Waals surface area (Å²) in [7, 11) is -0.361. The van der Waals surface area contributed by atoms with Gasteiger partial charge in [-0.25, -0.2) is 13.4 Å². The van der Waals surface area contributed by atoms with E-state index in [-0.39, 0.29) is 23.4 Å². The van der Waals surface area contributed by atoms with Crippen LogP contribution in [-0.4, -0.2) is 41.3 Å². The Morgan fingerprint density at radius 1 is 1.21 bits per heavy atom. The van der Waals surface area contributed by atoms with Crippen LogP contribution in [0.2, 0.25) is 5.02 Å². The highest BCUT2D eigenvalue weighted by molar-refractivity contribution is 7.89. The van der Waals surface area contributed by atoms with Gasteiger partial charge < -0.3 is 9.88 Å². The Bertz CT molecular complexity index is 1150. The molecule has 9 heteroatoms. The van der Waals surface area contributed by atoms with E-state index in [1.165, 1.54) is 23.5 Å². The number of nitrogens with zero attached hydrogens (tertiary/aromatic N) is 3. The molecule has 0 aliphatic rings. The molecule has 1 amide bonds. The van der Waals surface area contributed by atoms with E-state index in [1.807, 2.05) is 31.5 Å². The third-order valence-corrected chi connectivity index (χ3v) is 6.61. The lowest BCUT2D eigenvalue weighted by Crippen LogP contribution is -2.29. The van der Waals surface area contributed by atoms with Crippen molar-refractivity contribution >= 4 is 38.6 Å². The minimum Gasteiger partial charge on any atom is -0.350 e. The van der Waals surface area contributed by atoms with Crippen molar-refractivity contribution in [3.63, 3.8) is 0 Å². The Morgan fingerprint density at radius 2 is 1.86 bits per heavy atom. The molecule has 0 spiro atoms. The summed E-state index contributed by atoms with van der Waals surface area (Å²) in [6.07, 6.45) is 0. The maximum atomic E-state index is 12.8. The molecule has 7 nitrogen and oxygen atoms in total. The second kappa shape index (κ2) is 8.14. The molecule has 29 heavy (non-hydrogen) atoms. The minimum absolute atomic E-state index is 0.0317. The van der Waals surface area contributed by atoms with Gasteiger partial charge in [-0.15, -0.1) is 0 Å². The van der Waals surface area contributed by atoms with Gasteiger partial charge in [0.25, 0.3) is 5.91 Å². The normalized spacial score (nSPS) is 12.1. The standard InChI is InChI=1S/C20H23ClN4O3S/c1-13(2)22-20(26)14-5-10-18-17(11-14)23-19(25(18)4)12-24(3)29(27,28)16-8-6-15(21)7-9-16/h5-11,13H,12H2,1-4H3,(H,22,26). The van der Waals surface area contributed by atoms with Crippen molar-refractivity contribution in [1.82, 2.24) is 19.2 Å². The van der Waals surface area contributed by atoms with Gasteiger partial charge >= 0.3 is 0 Å². The van der Waals surface area contributed by atoms with Gasteiger partial charge in [0.05, 0.1) is 22.5 Å². The SMILES string of the molecule is CC(C)NC(=O)c1ccc2c(c1)nc(CN(C)S(=O)(=O)c1ccc(Cl)cc1)n2C. The third kappa shape index (κ3) is 4.44. The van der Waals surface area contributed by atoms with Crippen molar-refractivity contribution in [1.29, 1.82) is 0 Å². The smallest absolute Gasteiger partial charge is 0.251 e. The summed E-state index contributed by atoms with van der Waals surface area (Å²) in [5, 5.41) is 3.32. The van der Waals surface area contributed by atoms with Crippen molar-refractivity contribution in [2.45, 2.75) is 31.3 Å². The number of hydrogen-bond acceptors (Lipinski definition) is 4. The van der Waals surface area contributed by atoms with Gasteiger partial charge in [0, 0.05) is 30.7 Å². The van der Waals surface area contributed by atoms with Crippen LogP contribution in [0.1, 0.15) is 30.0 Å². The monoisotopic (exact) mass is 434 g/mol. The van der Waals surface area contributed by atoms with Crippen molar-refractivity contribution in [3.8, 4) is 0 Å². The van der Waals surface area contributed by atoms with Crippen LogP contribution in [0.5, 0.6) is 0 Å². The predicted molar refractivity (Wildman–Crippen MR) is 113 cm³/mol. The third-order valence-electron chi connectivity index (χ3n) is 4.54. The number of fused-ring (bicyclic) bond motifs is 1. The molecule has 0 aliphatic heterocycles. The van der Waals surface area contributed by atoms with Crippen LogP contribution in [0, 0.1) is 0 Å². The van der Waals surface area contributed by atoms with Crippen molar-refractivity contribution in [2.75, 3.05) is 7.05 Å². The van der Waals surface area contributed by atoms with E-state index in [4.69, 9.17) is 11.6 Å². The van der Waals surface area contributed by atoms with E-state index in [1.54, 1.807) is 24.3 Å². The van der Waals surface area contributed by atoms with E-state index in [0.717, 1.165) is 5.52 Å². The fourth-order valence-electron chi connectivity index (χ4n) is 2.95. The summed E-state index contributed by atoms with van der Waals surface area (Å²) in [5.41, 5.74) is 1.97. The van der Waals surface area contributed by atoms with Gasteiger partial charge in [-0.2, -0.15) is 4.31 Å². The summed E-state index contributed by atoms with van der Waals surface area (Å²) >= 11 is 5.85. The molecular formula is C20H23ClN4O3S. The van der Waals surface area contributed by atoms with E-state index >= 15 is 0 Å². The fourth-order valence-corrected chi connectivity index (χ4v) is 4.20. The lowest BCUT2D eigenvalue weighted by Gasteiger charge is -2.17. The van der Waals surface area contributed by atoms with Gasteiger partial charge in [0.1, 0.15) is 5.82 Å². The number of nitrogens with one attached hydrogen (secondary N) is 1. The van der Waals surface area contributed by atoms with Crippen LogP contribution in [0.25, 0.3) is 11.0 Å². The molecule has 0 bridgehead atoms. The first-order valence-corrected chi connectivity index (χ1v) is 10.9. The summed E-state index contributed by atoms with van der Waals surface area (Å²) < 4.78 is 28.7. The number of aromatic nitrogens is 2. The van der Waals surface area contributed by atoms with Gasteiger partial charge in [-0.1, -0.05) is 11.6 Å². The molecule has 0 saturated carbocycles. The second-order valence-electron chi connectivity index (χ2n) is 7.13. The molecule has 1 aromatic heterocycles.